The number of hydrogen-bond donors (Lipinski definition) is 0. The smallest absolute Gasteiger partial charge is 0.260 e. The summed E-state index contributed by atoms with van der Waals surface area (Å²) in [5, 5.41) is 0. The Morgan fingerprint density at radius 1 is 1.00 bits per heavy atom. The predicted molar refractivity (Wildman–Crippen MR) is 47.9 cm³/mol. The Bertz CT molecular complexity index is 385. The first-order valence-corrected chi connectivity index (χ1v) is 6.40. The maximum Gasteiger partial charge on any atom is 0.523 e. The number of halogens is 6. The van der Waals surface area contributed by atoms with Gasteiger partial charge in [-0.15, -0.1) is 0 Å². The van der Waals surface area contributed by atoms with E-state index in [9.17, 15) is 34.8 Å². The van der Waals surface area contributed by atoms with E-state index in [1.807, 2.05) is 0 Å². The molecule has 0 aromatic heterocycles. The lowest BCUT2D eigenvalue weighted by Gasteiger charge is -2.30. The minimum Gasteiger partial charge on any atom is -0.260 e. The monoisotopic (exact) mass is 300 g/mol. The lowest BCUT2D eigenvalue weighted by Crippen LogP contribution is -2.36. The summed E-state index contributed by atoms with van der Waals surface area (Å²) < 4.78 is 98.1. The molecule has 0 heterocycles. The molecule has 0 aromatic rings. The fraction of sp³-hybridized carbons (Fsp3) is 1.00. The van der Waals surface area contributed by atoms with E-state index in [2.05, 4.69) is 4.18 Å². The van der Waals surface area contributed by atoms with Crippen LogP contribution in [-0.2, 0) is 14.3 Å². The Hall–Kier alpha value is -0.510. The summed E-state index contributed by atoms with van der Waals surface area (Å²) >= 11 is 0. The van der Waals surface area contributed by atoms with Crippen LogP contribution < -0.4 is 0 Å². The first-order chi connectivity index (χ1) is 7.93. The lowest BCUT2D eigenvalue weighted by atomic mass is 9.87. The highest BCUT2D eigenvalue weighted by atomic mass is 32.2. The SMILES string of the molecule is O=S(=O)(OC1CCCC(C(F)(F)F)C1)C(F)(F)F. The Labute approximate surface area is 99.2 Å². The van der Waals surface area contributed by atoms with E-state index in [0.29, 0.717) is 0 Å². The molecular formula is C8H10F6O3S. The van der Waals surface area contributed by atoms with E-state index in [0.717, 1.165) is 0 Å². The standard InChI is InChI=1S/C8H10F6O3S/c9-7(10,11)5-2-1-3-6(4-5)17-18(15,16)8(12,13)14/h5-6H,1-4H2. The van der Waals surface area contributed by atoms with Gasteiger partial charge in [-0.1, -0.05) is 6.42 Å². The highest BCUT2D eigenvalue weighted by Gasteiger charge is 2.50. The van der Waals surface area contributed by atoms with Crippen LogP contribution in [0.1, 0.15) is 25.7 Å². The molecule has 10 heteroatoms. The van der Waals surface area contributed by atoms with Gasteiger partial charge in [0.1, 0.15) is 0 Å². The molecule has 3 nitrogen and oxygen atoms in total. The molecule has 0 aliphatic heterocycles. The van der Waals surface area contributed by atoms with Gasteiger partial charge in [0.2, 0.25) is 0 Å². The zero-order chi connectivity index (χ0) is 14.2. The van der Waals surface area contributed by atoms with Gasteiger partial charge < -0.3 is 0 Å². The van der Waals surface area contributed by atoms with Crippen LogP contribution in [0, 0.1) is 5.92 Å². The molecule has 0 aromatic carbocycles. The van der Waals surface area contributed by atoms with Crippen LogP contribution in [0.3, 0.4) is 0 Å². The van der Waals surface area contributed by atoms with E-state index in [4.69, 9.17) is 0 Å². The van der Waals surface area contributed by atoms with Gasteiger partial charge in [-0.2, -0.15) is 34.8 Å². The van der Waals surface area contributed by atoms with Crippen LogP contribution in [0.15, 0.2) is 0 Å². The van der Waals surface area contributed by atoms with Gasteiger partial charge in [-0.05, 0) is 19.3 Å². The fourth-order valence-electron chi connectivity index (χ4n) is 1.76. The molecule has 18 heavy (non-hydrogen) atoms. The fourth-order valence-corrected chi connectivity index (χ4v) is 2.41. The molecule has 2 atom stereocenters. The molecule has 0 saturated heterocycles. The van der Waals surface area contributed by atoms with Crippen LogP contribution in [-0.4, -0.2) is 26.2 Å². The van der Waals surface area contributed by atoms with Crippen molar-refractivity contribution in [3.05, 3.63) is 0 Å². The molecule has 1 rings (SSSR count). The topological polar surface area (TPSA) is 43.4 Å². The average Bonchev–Trinajstić information content (AvgIpc) is 2.14. The Morgan fingerprint density at radius 3 is 2.00 bits per heavy atom. The van der Waals surface area contributed by atoms with Crippen molar-refractivity contribution in [2.75, 3.05) is 0 Å². The molecule has 0 amide bonds. The summed E-state index contributed by atoms with van der Waals surface area (Å²) in [6.07, 6.45) is -7.28. The Morgan fingerprint density at radius 2 is 1.56 bits per heavy atom. The normalized spacial score (nSPS) is 27.2. The first-order valence-electron chi connectivity index (χ1n) is 5.00. The minimum absolute atomic E-state index is 0.0256. The van der Waals surface area contributed by atoms with Gasteiger partial charge in [-0.25, -0.2) is 0 Å². The summed E-state index contributed by atoms with van der Waals surface area (Å²) in [5.74, 6) is -1.82. The number of hydrogen-bond acceptors (Lipinski definition) is 3. The molecule has 0 radical (unpaired) electrons. The third-order valence-corrected chi connectivity index (χ3v) is 3.73. The van der Waals surface area contributed by atoms with Crippen molar-refractivity contribution in [3.8, 4) is 0 Å². The molecule has 1 fully saturated rings. The molecule has 0 N–H and O–H groups in total. The van der Waals surface area contributed by atoms with E-state index in [1.54, 1.807) is 0 Å². The first kappa shape index (κ1) is 15.5. The van der Waals surface area contributed by atoms with E-state index < -0.39 is 40.2 Å². The Balaban J connectivity index is 2.70. The van der Waals surface area contributed by atoms with Gasteiger partial charge in [0.15, 0.2) is 0 Å². The third-order valence-electron chi connectivity index (χ3n) is 2.64. The second-order valence-electron chi connectivity index (χ2n) is 4.02. The third kappa shape index (κ3) is 3.74. The summed E-state index contributed by atoms with van der Waals surface area (Å²) in [4.78, 5) is 0. The van der Waals surface area contributed by atoms with Crippen molar-refractivity contribution < 1.29 is 38.9 Å². The number of alkyl halides is 6. The van der Waals surface area contributed by atoms with Crippen molar-refractivity contribution in [2.24, 2.45) is 5.92 Å². The quantitative estimate of drug-likeness (QED) is 0.447. The van der Waals surface area contributed by atoms with Gasteiger partial charge in [0.25, 0.3) is 0 Å². The summed E-state index contributed by atoms with van der Waals surface area (Å²) in [7, 11) is -5.83. The van der Waals surface area contributed by atoms with Crippen LogP contribution in [0.4, 0.5) is 26.3 Å². The van der Waals surface area contributed by atoms with Gasteiger partial charge in [-0.3, -0.25) is 4.18 Å². The van der Waals surface area contributed by atoms with Crippen LogP contribution >= 0.6 is 0 Å². The van der Waals surface area contributed by atoms with Crippen LogP contribution in [0.5, 0.6) is 0 Å². The lowest BCUT2D eigenvalue weighted by molar-refractivity contribution is -0.188. The molecule has 2 unspecified atom stereocenters. The highest BCUT2D eigenvalue weighted by molar-refractivity contribution is 7.87. The van der Waals surface area contributed by atoms with Gasteiger partial charge in [0.05, 0.1) is 12.0 Å². The van der Waals surface area contributed by atoms with E-state index >= 15 is 0 Å². The van der Waals surface area contributed by atoms with Crippen molar-refractivity contribution in [2.45, 2.75) is 43.5 Å². The maximum absolute atomic E-state index is 12.4. The largest absolute Gasteiger partial charge is 0.523 e. The molecule has 1 saturated carbocycles. The molecule has 1 aliphatic carbocycles. The second-order valence-corrected chi connectivity index (χ2v) is 5.59. The van der Waals surface area contributed by atoms with Crippen LogP contribution in [0.2, 0.25) is 0 Å². The van der Waals surface area contributed by atoms with Crippen molar-refractivity contribution in [3.63, 3.8) is 0 Å². The maximum atomic E-state index is 12.4. The summed E-state index contributed by atoms with van der Waals surface area (Å²) in [6.45, 7) is 0. The zero-order valence-corrected chi connectivity index (χ0v) is 9.70. The summed E-state index contributed by atoms with van der Waals surface area (Å²) in [6, 6.07) is 0. The molecule has 0 bridgehead atoms. The molecule has 1 aliphatic rings. The van der Waals surface area contributed by atoms with E-state index in [-0.39, 0.29) is 19.3 Å². The van der Waals surface area contributed by atoms with Gasteiger partial charge in [0, 0.05) is 0 Å². The van der Waals surface area contributed by atoms with Crippen LogP contribution in [0.25, 0.3) is 0 Å². The second kappa shape index (κ2) is 4.87. The molecular weight excluding hydrogens is 290 g/mol. The minimum atomic E-state index is -5.83. The average molecular weight is 300 g/mol. The molecule has 108 valence electrons. The van der Waals surface area contributed by atoms with E-state index in [1.165, 1.54) is 0 Å². The van der Waals surface area contributed by atoms with Crippen molar-refractivity contribution in [1.29, 1.82) is 0 Å². The Kier molecular flexibility index (Phi) is 4.21. The summed E-state index contributed by atoms with van der Waals surface area (Å²) in [5.41, 5.74) is -5.61. The highest BCUT2D eigenvalue weighted by Crippen LogP contribution is 2.39. The van der Waals surface area contributed by atoms with Gasteiger partial charge >= 0.3 is 21.8 Å². The molecule has 0 spiro atoms. The van der Waals surface area contributed by atoms with Crippen molar-refractivity contribution in [1.82, 2.24) is 0 Å². The number of rotatable bonds is 2. The van der Waals surface area contributed by atoms with Crippen molar-refractivity contribution >= 4 is 10.1 Å². The predicted octanol–water partition coefficient (Wildman–Crippen LogP) is 2.97. The zero-order valence-electron chi connectivity index (χ0n) is 8.88.